The van der Waals surface area contributed by atoms with Gasteiger partial charge in [0.05, 0.1) is 0 Å². The molecule has 0 spiro atoms. The van der Waals surface area contributed by atoms with Gasteiger partial charge in [-0.1, -0.05) is 84.1 Å². The second-order valence-electron chi connectivity index (χ2n) is 7.57. The monoisotopic (exact) mass is 490 g/mol. The van der Waals surface area contributed by atoms with Crippen molar-refractivity contribution in [2.24, 2.45) is 0 Å². The third-order valence-electron chi connectivity index (χ3n) is 4.17. The minimum absolute atomic E-state index is 0.687. The molecular formula is C31H48F2S. The molecule has 0 fully saturated rings. The predicted octanol–water partition coefficient (Wildman–Crippen LogP) is 12.1. The Hall–Kier alpha value is -2.26. The fourth-order valence-corrected chi connectivity index (χ4v) is 3.26. The second kappa shape index (κ2) is 23.9. The van der Waals surface area contributed by atoms with Gasteiger partial charge in [-0.3, -0.25) is 0 Å². The van der Waals surface area contributed by atoms with E-state index in [0.29, 0.717) is 5.56 Å². The van der Waals surface area contributed by atoms with Crippen LogP contribution in [0.1, 0.15) is 92.4 Å². The minimum atomic E-state index is -0.820. The van der Waals surface area contributed by atoms with Crippen LogP contribution in [0.15, 0.2) is 72.7 Å². The van der Waals surface area contributed by atoms with Gasteiger partial charge in [-0.05, 0) is 73.5 Å². The van der Waals surface area contributed by atoms with Crippen LogP contribution in [0.4, 0.5) is 8.78 Å². The molecule has 34 heavy (non-hydrogen) atoms. The number of halogens is 2. The molecule has 0 N–H and O–H groups in total. The van der Waals surface area contributed by atoms with Gasteiger partial charge in [-0.25, -0.2) is 8.78 Å². The van der Waals surface area contributed by atoms with Gasteiger partial charge >= 0.3 is 0 Å². The quantitative estimate of drug-likeness (QED) is 0.206. The van der Waals surface area contributed by atoms with E-state index in [1.54, 1.807) is 17.4 Å². The van der Waals surface area contributed by atoms with Crippen LogP contribution in [0.2, 0.25) is 0 Å². The standard InChI is InChI=1S/C17H16F2S.C6H14.C4H8.C2H6.C2H4/c1-4-11(2)12(3)7-15-8-14(10-20-15)13-5-6-16(18)17(19)9-13;1-3-5-6-4-2;1-4(2)3;2*1-2/h5-10H,2,4H2,1,3H3;3-6H2,1-2H3;1H2,2-3H3;1-2H3;1-2H2/b12-7+;;;;. The molecular weight excluding hydrogens is 442 g/mol. The SMILES string of the molecule is C=C.C=C(C)C.C=C(CC)/C(C)=C/c1cc(-c2ccc(F)c(F)c2)cs1.CC.CCCCCC. The first-order valence-corrected chi connectivity index (χ1v) is 13.1. The maximum atomic E-state index is 13.2. The van der Waals surface area contributed by atoms with E-state index < -0.39 is 11.6 Å². The van der Waals surface area contributed by atoms with E-state index in [-0.39, 0.29) is 0 Å². The van der Waals surface area contributed by atoms with Crippen LogP contribution in [-0.2, 0) is 0 Å². The van der Waals surface area contributed by atoms with Crippen LogP contribution in [0.25, 0.3) is 17.2 Å². The maximum Gasteiger partial charge on any atom is 0.159 e. The Kier molecular flexibility index (Phi) is 25.5. The van der Waals surface area contributed by atoms with Gasteiger partial charge in [-0.2, -0.15) is 0 Å². The molecule has 0 aliphatic heterocycles. The molecule has 0 nitrogen and oxygen atoms in total. The second-order valence-corrected chi connectivity index (χ2v) is 8.51. The zero-order valence-corrected chi connectivity index (χ0v) is 23.8. The van der Waals surface area contributed by atoms with Crippen molar-refractivity contribution >= 4 is 17.4 Å². The Bertz CT molecular complexity index is 820. The number of thiophene rings is 1. The molecule has 1 aromatic heterocycles. The molecule has 0 radical (unpaired) electrons. The summed E-state index contributed by atoms with van der Waals surface area (Å²) in [6.45, 7) is 30.1. The predicted molar refractivity (Wildman–Crippen MR) is 156 cm³/mol. The van der Waals surface area contributed by atoms with E-state index in [4.69, 9.17) is 0 Å². The summed E-state index contributed by atoms with van der Waals surface area (Å²) in [4.78, 5) is 1.08. The molecule has 0 aliphatic rings. The maximum absolute atomic E-state index is 13.2. The summed E-state index contributed by atoms with van der Waals surface area (Å²) in [6.07, 6.45) is 8.53. The highest BCUT2D eigenvalue weighted by Gasteiger charge is 2.06. The van der Waals surface area contributed by atoms with Crippen LogP contribution >= 0.6 is 11.3 Å². The first-order valence-electron chi connectivity index (χ1n) is 12.2. The van der Waals surface area contributed by atoms with Gasteiger partial charge in [0, 0.05) is 4.88 Å². The highest BCUT2D eigenvalue weighted by atomic mass is 32.1. The number of hydrogen-bond acceptors (Lipinski definition) is 1. The molecule has 2 aromatic rings. The molecule has 0 saturated carbocycles. The summed E-state index contributed by atoms with van der Waals surface area (Å²) in [5, 5.41) is 1.94. The molecule has 3 heteroatoms. The Labute approximate surface area is 213 Å². The van der Waals surface area contributed by atoms with E-state index in [1.165, 1.54) is 37.3 Å². The van der Waals surface area contributed by atoms with Gasteiger partial charge in [0.25, 0.3) is 0 Å². The van der Waals surface area contributed by atoms with E-state index >= 15 is 0 Å². The highest BCUT2D eigenvalue weighted by Crippen LogP contribution is 2.29. The first kappa shape index (κ1) is 36.3. The molecule has 2 rings (SSSR count). The number of rotatable bonds is 7. The van der Waals surface area contributed by atoms with Crippen molar-refractivity contribution in [2.75, 3.05) is 0 Å². The summed E-state index contributed by atoms with van der Waals surface area (Å²) < 4.78 is 26.2. The zero-order chi connectivity index (χ0) is 27.1. The lowest BCUT2D eigenvalue weighted by atomic mass is 10.1. The van der Waals surface area contributed by atoms with Crippen molar-refractivity contribution in [1.29, 1.82) is 0 Å². The summed E-state index contributed by atoms with van der Waals surface area (Å²) in [5.74, 6) is -1.64. The lowest BCUT2D eigenvalue weighted by Gasteiger charge is -2.01. The minimum Gasteiger partial charge on any atom is -0.204 e. The van der Waals surface area contributed by atoms with Gasteiger partial charge in [-0.15, -0.1) is 31.1 Å². The largest absolute Gasteiger partial charge is 0.204 e. The lowest BCUT2D eigenvalue weighted by molar-refractivity contribution is 0.509. The van der Waals surface area contributed by atoms with Gasteiger partial charge in [0.2, 0.25) is 0 Å². The van der Waals surface area contributed by atoms with E-state index in [2.05, 4.69) is 53.2 Å². The van der Waals surface area contributed by atoms with Crippen LogP contribution in [0, 0.1) is 11.6 Å². The lowest BCUT2D eigenvalue weighted by Crippen LogP contribution is -1.83. The fraction of sp³-hybridized carbons (Fsp3) is 0.419. The van der Waals surface area contributed by atoms with Crippen molar-refractivity contribution in [3.63, 3.8) is 0 Å². The summed E-state index contributed by atoms with van der Waals surface area (Å²) in [7, 11) is 0. The topological polar surface area (TPSA) is 0 Å². The van der Waals surface area contributed by atoms with Crippen molar-refractivity contribution in [2.45, 2.75) is 87.5 Å². The smallest absolute Gasteiger partial charge is 0.159 e. The molecule has 1 aromatic carbocycles. The van der Waals surface area contributed by atoms with Gasteiger partial charge in [0.15, 0.2) is 11.6 Å². The Morgan fingerprint density at radius 1 is 0.853 bits per heavy atom. The van der Waals surface area contributed by atoms with Crippen molar-refractivity contribution in [3.05, 3.63) is 89.2 Å². The molecule has 1 heterocycles. The number of allylic oxidation sites excluding steroid dienone is 3. The molecule has 0 aliphatic carbocycles. The zero-order valence-electron chi connectivity index (χ0n) is 23.0. The van der Waals surface area contributed by atoms with Crippen molar-refractivity contribution in [1.82, 2.24) is 0 Å². The Balaban J connectivity index is -0.000000571. The first-order chi connectivity index (χ1) is 16.2. The number of unbranched alkanes of at least 4 members (excludes halogenated alkanes) is 3. The summed E-state index contributed by atoms with van der Waals surface area (Å²) in [6, 6.07) is 5.94. The van der Waals surface area contributed by atoms with E-state index in [9.17, 15) is 8.78 Å². The number of hydrogen-bond donors (Lipinski definition) is 0. The van der Waals surface area contributed by atoms with Crippen LogP contribution in [-0.4, -0.2) is 0 Å². The number of benzene rings is 1. The summed E-state index contributed by atoms with van der Waals surface area (Å²) in [5.41, 5.74) is 5.00. The molecule has 0 bridgehead atoms. The van der Waals surface area contributed by atoms with Gasteiger partial charge < -0.3 is 0 Å². The van der Waals surface area contributed by atoms with Crippen LogP contribution in [0.5, 0.6) is 0 Å². The molecule has 0 unspecified atom stereocenters. The molecule has 0 atom stereocenters. The molecule has 192 valence electrons. The molecule has 0 amide bonds. The average molecular weight is 491 g/mol. The van der Waals surface area contributed by atoms with E-state index in [1.807, 2.05) is 46.1 Å². The van der Waals surface area contributed by atoms with Crippen LogP contribution in [0.3, 0.4) is 0 Å². The Morgan fingerprint density at radius 3 is 1.76 bits per heavy atom. The molecule has 0 saturated heterocycles. The summed E-state index contributed by atoms with van der Waals surface area (Å²) >= 11 is 1.58. The fourth-order valence-electron chi connectivity index (χ4n) is 2.35. The Morgan fingerprint density at radius 2 is 1.35 bits per heavy atom. The highest BCUT2D eigenvalue weighted by molar-refractivity contribution is 7.11. The van der Waals surface area contributed by atoms with E-state index in [0.717, 1.165) is 34.1 Å². The third-order valence-corrected chi connectivity index (χ3v) is 5.05. The van der Waals surface area contributed by atoms with Crippen molar-refractivity contribution in [3.8, 4) is 11.1 Å². The average Bonchev–Trinajstić information content (AvgIpc) is 3.30. The van der Waals surface area contributed by atoms with Crippen LogP contribution < -0.4 is 0 Å². The van der Waals surface area contributed by atoms with Gasteiger partial charge in [0.1, 0.15) is 0 Å². The third kappa shape index (κ3) is 18.2. The van der Waals surface area contributed by atoms with Crippen molar-refractivity contribution < 1.29 is 8.78 Å². The normalized spacial score (nSPS) is 9.53.